The lowest BCUT2D eigenvalue weighted by Gasteiger charge is -2.34. The first-order valence-corrected chi connectivity index (χ1v) is 9.53. The predicted octanol–water partition coefficient (Wildman–Crippen LogP) is 0.687. The van der Waals surface area contributed by atoms with E-state index in [-0.39, 0.29) is 11.0 Å². The maximum absolute atomic E-state index is 11.3. The molecule has 0 radical (unpaired) electrons. The molecule has 7 heteroatoms. The Morgan fingerprint density at radius 3 is 2.40 bits per heavy atom. The minimum atomic E-state index is -3.47. The van der Waals surface area contributed by atoms with E-state index >= 15 is 0 Å². The molecule has 0 aliphatic carbocycles. The lowest BCUT2D eigenvalue weighted by molar-refractivity contribution is 0.560. The number of thioether (sulfide) groups is 1. The molecular formula is C8H16O4S3. The normalized spacial score (nSPS) is 29.7. The van der Waals surface area contributed by atoms with Gasteiger partial charge in [0, 0.05) is 11.5 Å². The van der Waals surface area contributed by atoms with Gasteiger partial charge in [0.05, 0.1) is 5.75 Å². The van der Waals surface area contributed by atoms with Gasteiger partial charge in [-0.3, -0.25) is 0 Å². The summed E-state index contributed by atoms with van der Waals surface area (Å²) in [4.78, 5) is 0. The van der Waals surface area contributed by atoms with Crippen LogP contribution in [-0.2, 0) is 19.7 Å². The Hall–Kier alpha value is 0.250. The van der Waals surface area contributed by atoms with E-state index in [1.54, 1.807) is 0 Å². The van der Waals surface area contributed by atoms with Crippen LogP contribution in [0.1, 0.15) is 19.8 Å². The zero-order valence-corrected chi connectivity index (χ0v) is 11.3. The van der Waals surface area contributed by atoms with Crippen LogP contribution in [0.15, 0.2) is 0 Å². The van der Waals surface area contributed by atoms with Crippen molar-refractivity contribution in [1.29, 1.82) is 0 Å². The van der Waals surface area contributed by atoms with Crippen molar-refractivity contribution in [1.82, 2.24) is 0 Å². The van der Waals surface area contributed by atoms with Crippen molar-refractivity contribution in [3.8, 4) is 0 Å². The molecule has 1 aliphatic heterocycles. The smallest absolute Gasteiger partial charge is 0.175 e. The molecule has 2 unspecified atom stereocenters. The maximum atomic E-state index is 11.3. The quantitative estimate of drug-likeness (QED) is 0.689. The average molecular weight is 272 g/mol. The van der Waals surface area contributed by atoms with Crippen molar-refractivity contribution in [2.24, 2.45) is 0 Å². The minimum absolute atomic E-state index is 0.0130. The first-order valence-electron chi connectivity index (χ1n) is 4.81. The summed E-state index contributed by atoms with van der Waals surface area (Å²) < 4.78 is 44.0. The molecule has 15 heavy (non-hydrogen) atoms. The summed E-state index contributed by atoms with van der Waals surface area (Å²) in [5.41, 5.74) is 0. The highest BCUT2D eigenvalue weighted by molar-refractivity contribution is 8.13. The van der Waals surface area contributed by atoms with Gasteiger partial charge in [-0.25, -0.2) is 16.8 Å². The van der Waals surface area contributed by atoms with Crippen molar-refractivity contribution in [2.75, 3.05) is 17.8 Å². The van der Waals surface area contributed by atoms with Gasteiger partial charge in [-0.05, 0) is 12.2 Å². The first kappa shape index (κ1) is 13.3. The maximum Gasteiger partial charge on any atom is 0.175 e. The fourth-order valence-electron chi connectivity index (χ4n) is 1.56. The largest absolute Gasteiger partial charge is 0.228 e. The molecule has 0 spiro atoms. The van der Waals surface area contributed by atoms with E-state index in [1.807, 2.05) is 6.92 Å². The summed E-state index contributed by atoms with van der Waals surface area (Å²) in [6.45, 7) is 2.05. The monoisotopic (exact) mass is 272 g/mol. The van der Waals surface area contributed by atoms with Gasteiger partial charge in [0.25, 0.3) is 0 Å². The summed E-state index contributed by atoms with van der Waals surface area (Å²) in [6, 6.07) is 0. The third-order valence-electron chi connectivity index (χ3n) is 2.31. The molecule has 0 aromatic carbocycles. The van der Waals surface area contributed by atoms with Gasteiger partial charge in [0.2, 0.25) is 0 Å². The van der Waals surface area contributed by atoms with Crippen LogP contribution in [0.25, 0.3) is 0 Å². The van der Waals surface area contributed by atoms with Crippen LogP contribution in [0.4, 0.5) is 0 Å². The topological polar surface area (TPSA) is 68.3 Å². The van der Waals surface area contributed by atoms with Gasteiger partial charge in [0.1, 0.15) is 0 Å². The Morgan fingerprint density at radius 2 is 2.00 bits per heavy atom. The molecular weight excluding hydrogens is 256 g/mol. The van der Waals surface area contributed by atoms with Gasteiger partial charge in [-0.15, -0.1) is 0 Å². The van der Waals surface area contributed by atoms with Crippen molar-refractivity contribution >= 4 is 31.4 Å². The number of sulfone groups is 2. The van der Waals surface area contributed by atoms with Crippen LogP contribution in [0.3, 0.4) is 0 Å². The second-order valence-electron chi connectivity index (χ2n) is 3.79. The van der Waals surface area contributed by atoms with Crippen molar-refractivity contribution in [3.05, 3.63) is 0 Å². The van der Waals surface area contributed by atoms with E-state index in [1.165, 1.54) is 11.8 Å². The molecule has 0 aromatic heterocycles. The van der Waals surface area contributed by atoms with Crippen molar-refractivity contribution in [3.63, 3.8) is 0 Å². The van der Waals surface area contributed by atoms with Gasteiger partial charge in [-0.2, -0.15) is 11.8 Å². The van der Waals surface area contributed by atoms with E-state index in [4.69, 9.17) is 0 Å². The van der Waals surface area contributed by atoms with E-state index in [0.29, 0.717) is 0 Å². The number of hydrogen-bond donors (Lipinski definition) is 0. The molecule has 0 bridgehead atoms. The van der Waals surface area contributed by atoms with E-state index in [9.17, 15) is 16.8 Å². The summed E-state index contributed by atoms with van der Waals surface area (Å²) in [5, 5.41) is -0.253. The number of unbranched alkanes of at least 4 members (excludes halogenated alkanes) is 1. The highest BCUT2D eigenvalue weighted by atomic mass is 32.3. The molecule has 1 saturated heterocycles. The molecule has 1 heterocycles. The van der Waals surface area contributed by atoms with E-state index < -0.39 is 24.3 Å². The Kier molecular flexibility index (Phi) is 4.11. The zero-order chi connectivity index (χ0) is 11.7. The molecule has 0 aromatic rings. The fourth-order valence-corrected chi connectivity index (χ4v) is 9.19. The van der Waals surface area contributed by atoms with Crippen LogP contribution in [-0.4, -0.2) is 44.4 Å². The molecule has 1 aliphatic rings. The van der Waals surface area contributed by atoms with Gasteiger partial charge >= 0.3 is 0 Å². The molecule has 0 N–H and O–H groups in total. The van der Waals surface area contributed by atoms with E-state index in [2.05, 4.69) is 0 Å². The SMILES string of the molecule is CCCCSC1CS(=O)(=O)C1S(C)(=O)=O. The lowest BCUT2D eigenvalue weighted by atomic mass is 10.4. The van der Waals surface area contributed by atoms with Gasteiger partial charge in [-0.1, -0.05) is 13.3 Å². The molecule has 90 valence electrons. The Labute approximate surface area is 95.7 Å². The highest BCUT2D eigenvalue weighted by Gasteiger charge is 2.52. The highest BCUT2D eigenvalue weighted by Crippen LogP contribution is 2.35. The van der Waals surface area contributed by atoms with Gasteiger partial charge in [0.15, 0.2) is 24.3 Å². The molecule has 0 saturated carbocycles. The molecule has 4 nitrogen and oxygen atoms in total. The Balaban J connectivity index is 2.64. The van der Waals surface area contributed by atoms with Crippen LogP contribution in [0.2, 0.25) is 0 Å². The number of hydrogen-bond acceptors (Lipinski definition) is 5. The van der Waals surface area contributed by atoms with Crippen LogP contribution < -0.4 is 0 Å². The first-order chi connectivity index (χ1) is 6.79. The molecule has 1 fully saturated rings. The lowest BCUT2D eigenvalue weighted by Crippen LogP contribution is -2.54. The van der Waals surface area contributed by atoms with Crippen LogP contribution >= 0.6 is 11.8 Å². The van der Waals surface area contributed by atoms with Crippen molar-refractivity contribution < 1.29 is 16.8 Å². The zero-order valence-electron chi connectivity index (χ0n) is 8.84. The second-order valence-corrected chi connectivity index (χ2v) is 9.77. The minimum Gasteiger partial charge on any atom is -0.228 e. The van der Waals surface area contributed by atoms with Crippen molar-refractivity contribution in [2.45, 2.75) is 29.6 Å². The summed E-state index contributed by atoms with van der Waals surface area (Å²) in [5.74, 6) is 0.849. The van der Waals surface area contributed by atoms with E-state index in [0.717, 1.165) is 24.9 Å². The number of rotatable bonds is 5. The Bertz CT molecular complexity index is 387. The fraction of sp³-hybridized carbons (Fsp3) is 1.00. The third-order valence-corrected chi connectivity index (χ3v) is 9.21. The third kappa shape index (κ3) is 3.10. The summed E-state index contributed by atoms with van der Waals surface area (Å²) >= 11 is 1.47. The van der Waals surface area contributed by atoms with Crippen LogP contribution in [0, 0.1) is 0 Å². The van der Waals surface area contributed by atoms with Crippen LogP contribution in [0.5, 0.6) is 0 Å². The van der Waals surface area contributed by atoms with Gasteiger partial charge < -0.3 is 0 Å². The molecule has 1 rings (SSSR count). The molecule has 2 atom stereocenters. The predicted molar refractivity (Wildman–Crippen MR) is 63.6 cm³/mol. The standard InChI is InChI=1S/C8H16O4S3/c1-3-4-5-13-7-6-15(11,12)8(7)14(2,9)10/h7-8H,3-6H2,1-2H3. The molecule has 0 amide bonds. The summed E-state index contributed by atoms with van der Waals surface area (Å²) in [6.07, 6.45) is 3.04. The summed E-state index contributed by atoms with van der Waals surface area (Å²) in [7, 11) is -6.84. The average Bonchev–Trinajstić information content (AvgIpc) is 1.98. The Morgan fingerprint density at radius 1 is 1.40 bits per heavy atom. The second kappa shape index (κ2) is 4.63.